The quantitative estimate of drug-likeness (QED) is 0.796. The average molecular weight is 311 g/mol. The van der Waals surface area contributed by atoms with Gasteiger partial charge in [-0.3, -0.25) is 5.01 Å². The Morgan fingerprint density at radius 2 is 1.91 bits per heavy atom. The van der Waals surface area contributed by atoms with E-state index in [0.29, 0.717) is 0 Å². The number of hydrogen-bond acceptors (Lipinski definition) is 5. The summed E-state index contributed by atoms with van der Waals surface area (Å²) in [5, 5.41) is 6.56. The highest BCUT2D eigenvalue weighted by Gasteiger charge is 2.17. The van der Waals surface area contributed by atoms with Gasteiger partial charge in [-0.15, -0.1) is 0 Å². The van der Waals surface area contributed by atoms with Gasteiger partial charge in [0.05, 0.1) is 32.1 Å². The molecule has 2 heterocycles. The van der Waals surface area contributed by atoms with Gasteiger partial charge in [-0.25, -0.2) is 0 Å². The van der Waals surface area contributed by atoms with Crippen LogP contribution in [0.4, 0.5) is 5.69 Å². The van der Waals surface area contributed by atoms with E-state index in [1.807, 2.05) is 42.5 Å². The molecule has 0 N–H and O–H groups in total. The Labute approximate surface area is 136 Å². The van der Waals surface area contributed by atoms with E-state index in [1.54, 1.807) is 19.6 Å². The van der Waals surface area contributed by atoms with Crippen LogP contribution in [0.3, 0.4) is 0 Å². The van der Waals surface area contributed by atoms with Crippen LogP contribution in [0.1, 0.15) is 5.76 Å². The molecular weight excluding hydrogens is 290 g/mol. The normalized spacial score (nSPS) is 15.7. The number of hydrazone groups is 1. The van der Waals surface area contributed by atoms with Crippen LogP contribution < -0.4 is 9.64 Å². The Morgan fingerprint density at radius 1 is 1.09 bits per heavy atom. The Hall–Kier alpha value is -2.69. The zero-order chi connectivity index (χ0) is 15.9. The third kappa shape index (κ3) is 3.94. The lowest BCUT2D eigenvalue weighted by atomic mass is 10.2. The van der Waals surface area contributed by atoms with Crippen molar-refractivity contribution in [2.45, 2.75) is 0 Å². The fourth-order valence-electron chi connectivity index (χ4n) is 2.60. The molecule has 0 unspecified atom stereocenters. The Balaban J connectivity index is 1.52. The van der Waals surface area contributed by atoms with Crippen LogP contribution in [0.15, 0.2) is 58.3 Å². The van der Waals surface area contributed by atoms with Crippen molar-refractivity contribution >= 4 is 18.0 Å². The maximum atomic E-state index is 5.44. The summed E-state index contributed by atoms with van der Waals surface area (Å²) in [4.78, 5) is 2.34. The molecule has 120 valence electrons. The molecule has 0 radical (unpaired) electrons. The van der Waals surface area contributed by atoms with Crippen molar-refractivity contribution in [2.75, 3.05) is 38.2 Å². The molecule has 23 heavy (non-hydrogen) atoms. The van der Waals surface area contributed by atoms with Gasteiger partial charge in [0.25, 0.3) is 0 Å². The Kier molecular flexibility index (Phi) is 4.99. The van der Waals surface area contributed by atoms with Crippen LogP contribution in [-0.4, -0.2) is 44.5 Å². The third-order valence-corrected chi connectivity index (χ3v) is 3.80. The molecule has 5 nitrogen and oxygen atoms in total. The highest BCUT2D eigenvalue weighted by Crippen LogP contribution is 2.28. The molecule has 1 aromatic carbocycles. The molecule has 0 saturated carbocycles. The monoisotopic (exact) mass is 311 g/mol. The summed E-state index contributed by atoms with van der Waals surface area (Å²) in [5.41, 5.74) is 1.15. The molecular formula is C18H21N3O2. The van der Waals surface area contributed by atoms with E-state index in [1.165, 1.54) is 0 Å². The van der Waals surface area contributed by atoms with Gasteiger partial charge in [-0.2, -0.15) is 5.10 Å². The molecule has 0 amide bonds. The Morgan fingerprint density at radius 3 is 2.65 bits per heavy atom. The first kappa shape index (κ1) is 15.2. The van der Waals surface area contributed by atoms with E-state index in [0.717, 1.165) is 43.4 Å². The standard InChI is InChI=1S/C18H21N3O2/c1-22-18-9-3-2-8-17(18)20-11-13-21(14-12-20)19-10-4-6-16-7-5-15-23-16/h2-10,15H,11-14H2,1H3/b6-4+,19-10-. The number of furan rings is 1. The second-order valence-electron chi connectivity index (χ2n) is 5.25. The summed E-state index contributed by atoms with van der Waals surface area (Å²) in [5.74, 6) is 1.75. The van der Waals surface area contributed by atoms with Gasteiger partial charge in [0.2, 0.25) is 0 Å². The van der Waals surface area contributed by atoms with Crippen LogP contribution in [0.5, 0.6) is 5.75 Å². The van der Waals surface area contributed by atoms with Crippen molar-refractivity contribution in [3.8, 4) is 5.75 Å². The lowest BCUT2D eigenvalue weighted by Crippen LogP contribution is -2.44. The third-order valence-electron chi connectivity index (χ3n) is 3.80. The summed E-state index contributed by atoms with van der Waals surface area (Å²) in [7, 11) is 1.71. The number of benzene rings is 1. The minimum absolute atomic E-state index is 0.831. The van der Waals surface area contributed by atoms with Crippen LogP contribution in [0.25, 0.3) is 6.08 Å². The summed E-state index contributed by atoms with van der Waals surface area (Å²) in [6.45, 7) is 3.64. The number of hydrogen-bond donors (Lipinski definition) is 0. The SMILES string of the molecule is COc1ccccc1N1CCN(/N=C\C=C\c2ccco2)CC1. The van der Waals surface area contributed by atoms with Crippen molar-refractivity contribution in [1.82, 2.24) is 5.01 Å². The van der Waals surface area contributed by atoms with Crippen molar-refractivity contribution < 1.29 is 9.15 Å². The fourth-order valence-corrected chi connectivity index (χ4v) is 2.60. The minimum atomic E-state index is 0.831. The minimum Gasteiger partial charge on any atom is -0.495 e. The fraction of sp³-hybridized carbons (Fsp3) is 0.278. The molecule has 1 aromatic heterocycles. The molecule has 3 rings (SSSR count). The van der Waals surface area contributed by atoms with E-state index >= 15 is 0 Å². The molecule has 0 bridgehead atoms. The summed E-state index contributed by atoms with van der Waals surface area (Å²) < 4.78 is 10.7. The number of nitrogens with zero attached hydrogens (tertiary/aromatic N) is 3. The highest BCUT2D eigenvalue weighted by atomic mass is 16.5. The number of methoxy groups -OCH3 is 1. The molecule has 1 aliphatic heterocycles. The first-order chi connectivity index (χ1) is 11.4. The number of rotatable bonds is 5. The Bertz CT molecular complexity index is 657. The van der Waals surface area contributed by atoms with Crippen LogP contribution in [0.2, 0.25) is 0 Å². The summed E-state index contributed by atoms with van der Waals surface area (Å²) in [6.07, 6.45) is 7.26. The maximum Gasteiger partial charge on any atom is 0.142 e. The lowest BCUT2D eigenvalue weighted by molar-refractivity contribution is 0.271. The summed E-state index contributed by atoms with van der Waals surface area (Å²) >= 11 is 0. The van der Waals surface area contributed by atoms with Crippen molar-refractivity contribution in [3.63, 3.8) is 0 Å². The first-order valence-electron chi connectivity index (χ1n) is 7.74. The van der Waals surface area contributed by atoms with E-state index in [-0.39, 0.29) is 0 Å². The maximum absolute atomic E-state index is 5.44. The van der Waals surface area contributed by atoms with Gasteiger partial charge in [-0.05, 0) is 36.4 Å². The van der Waals surface area contributed by atoms with Crippen molar-refractivity contribution in [2.24, 2.45) is 5.10 Å². The smallest absolute Gasteiger partial charge is 0.142 e. The van der Waals surface area contributed by atoms with Gasteiger partial charge < -0.3 is 14.1 Å². The number of ether oxygens (including phenoxy) is 1. The van der Waals surface area contributed by atoms with Crippen molar-refractivity contribution in [3.05, 3.63) is 54.5 Å². The first-order valence-corrected chi connectivity index (χ1v) is 7.74. The van der Waals surface area contributed by atoms with Crippen LogP contribution in [0, 0.1) is 0 Å². The predicted octanol–water partition coefficient (Wildman–Crippen LogP) is 3.11. The highest BCUT2D eigenvalue weighted by molar-refractivity contribution is 5.77. The summed E-state index contributed by atoms with van der Waals surface area (Å²) in [6, 6.07) is 11.9. The van der Waals surface area contributed by atoms with Crippen LogP contribution in [-0.2, 0) is 0 Å². The van der Waals surface area contributed by atoms with Crippen molar-refractivity contribution in [1.29, 1.82) is 0 Å². The second-order valence-corrected chi connectivity index (χ2v) is 5.25. The van der Waals surface area contributed by atoms with E-state index in [4.69, 9.17) is 9.15 Å². The van der Waals surface area contributed by atoms with Gasteiger partial charge in [0, 0.05) is 19.3 Å². The molecule has 0 atom stereocenters. The molecule has 2 aromatic rings. The number of piperazine rings is 1. The molecule has 1 saturated heterocycles. The zero-order valence-electron chi connectivity index (χ0n) is 13.3. The number of para-hydroxylation sites is 2. The molecule has 1 fully saturated rings. The average Bonchev–Trinajstić information content (AvgIpc) is 3.13. The second kappa shape index (κ2) is 7.54. The van der Waals surface area contributed by atoms with Gasteiger partial charge in [0.1, 0.15) is 11.5 Å². The molecule has 0 aliphatic carbocycles. The predicted molar refractivity (Wildman–Crippen MR) is 93.0 cm³/mol. The van der Waals surface area contributed by atoms with Crippen LogP contribution >= 0.6 is 0 Å². The number of anilines is 1. The van der Waals surface area contributed by atoms with Gasteiger partial charge >= 0.3 is 0 Å². The van der Waals surface area contributed by atoms with Gasteiger partial charge in [-0.1, -0.05) is 12.1 Å². The molecule has 0 spiro atoms. The van der Waals surface area contributed by atoms with E-state index in [2.05, 4.69) is 21.1 Å². The van der Waals surface area contributed by atoms with E-state index in [9.17, 15) is 0 Å². The number of allylic oxidation sites excluding steroid dienone is 1. The molecule has 5 heteroatoms. The lowest BCUT2D eigenvalue weighted by Gasteiger charge is -2.35. The zero-order valence-corrected chi connectivity index (χ0v) is 13.3. The van der Waals surface area contributed by atoms with E-state index < -0.39 is 0 Å². The topological polar surface area (TPSA) is 41.2 Å². The largest absolute Gasteiger partial charge is 0.495 e. The molecule has 1 aliphatic rings. The van der Waals surface area contributed by atoms with Gasteiger partial charge in [0.15, 0.2) is 0 Å².